The molecule has 3 rings (SSSR count). The lowest BCUT2D eigenvalue weighted by Gasteiger charge is -2.36. The molecule has 1 aromatic heterocycles. The van der Waals surface area contributed by atoms with Crippen molar-refractivity contribution in [3.8, 4) is 0 Å². The van der Waals surface area contributed by atoms with Gasteiger partial charge in [0.2, 0.25) is 11.7 Å². The molecule has 1 aromatic rings. The number of hydrogen-bond donors (Lipinski definition) is 0. The Morgan fingerprint density at radius 1 is 1.43 bits per heavy atom. The Labute approximate surface area is 129 Å². The first-order valence-electron chi connectivity index (χ1n) is 7.73. The zero-order valence-corrected chi connectivity index (χ0v) is 13.4. The van der Waals surface area contributed by atoms with Crippen LogP contribution in [0.25, 0.3) is 0 Å². The van der Waals surface area contributed by atoms with Crippen LogP contribution in [0, 0.1) is 5.92 Å². The van der Waals surface area contributed by atoms with E-state index in [1.165, 1.54) is 0 Å². The van der Waals surface area contributed by atoms with Crippen LogP contribution in [0.3, 0.4) is 0 Å². The van der Waals surface area contributed by atoms with Crippen molar-refractivity contribution in [1.29, 1.82) is 0 Å². The van der Waals surface area contributed by atoms with E-state index in [-0.39, 0.29) is 11.7 Å². The molecule has 0 amide bonds. The third-order valence-corrected chi connectivity index (χ3v) is 5.63. The van der Waals surface area contributed by atoms with Gasteiger partial charge in [0.05, 0.1) is 5.75 Å². The van der Waals surface area contributed by atoms with Crippen LogP contribution in [0.4, 0.5) is 0 Å². The normalized spacial score (nSPS) is 33.5. The molecule has 1 unspecified atom stereocenters. The highest BCUT2D eigenvalue weighted by molar-refractivity contribution is 8.00. The number of hydrogen-bond acceptors (Lipinski definition) is 6. The fourth-order valence-electron chi connectivity index (χ4n) is 3.18. The smallest absolute Gasteiger partial charge is 0.238 e. The summed E-state index contributed by atoms with van der Waals surface area (Å²) >= 11 is 1.63. The van der Waals surface area contributed by atoms with Gasteiger partial charge >= 0.3 is 0 Å². The lowest BCUT2D eigenvalue weighted by molar-refractivity contribution is -0.117. The van der Waals surface area contributed by atoms with Gasteiger partial charge in [-0.1, -0.05) is 12.1 Å². The Morgan fingerprint density at radius 3 is 2.81 bits per heavy atom. The molecular weight excluding hydrogens is 288 g/mol. The molecule has 2 aliphatic rings. The molecular formula is C15H22N2O3S. The maximum absolute atomic E-state index is 11.8. The number of ketones is 1. The second kappa shape index (κ2) is 6.08. The van der Waals surface area contributed by atoms with E-state index in [9.17, 15) is 4.79 Å². The van der Waals surface area contributed by atoms with Crippen molar-refractivity contribution in [2.45, 2.75) is 51.0 Å². The highest BCUT2D eigenvalue weighted by Crippen LogP contribution is 2.42. The van der Waals surface area contributed by atoms with Crippen molar-refractivity contribution in [1.82, 2.24) is 10.1 Å². The molecule has 5 nitrogen and oxygen atoms in total. The van der Waals surface area contributed by atoms with E-state index in [2.05, 4.69) is 17.1 Å². The lowest BCUT2D eigenvalue weighted by atomic mass is 9.79. The monoisotopic (exact) mass is 310 g/mol. The van der Waals surface area contributed by atoms with Crippen LogP contribution < -0.4 is 0 Å². The SMILES string of the molecule is CCOC1(c2noc(C3CSCC3=O)n2)CCC(C)CC1. The van der Waals surface area contributed by atoms with Crippen molar-refractivity contribution in [3.05, 3.63) is 11.7 Å². The average Bonchev–Trinajstić information content (AvgIpc) is 3.10. The van der Waals surface area contributed by atoms with Gasteiger partial charge in [0.1, 0.15) is 11.5 Å². The summed E-state index contributed by atoms with van der Waals surface area (Å²) in [4.78, 5) is 16.4. The zero-order valence-electron chi connectivity index (χ0n) is 12.6. The number of ether oxygens (including phenoxy) is 1. The van der Waals surface area contributed by atoms with E-state index >= 15 is 0 Å². The Balaban J connectivity index is 1.83. The third-order valence-electron chi connectivity index (χ3n) is 4.57. The number of Topliss-reactive ketones (excluding diaryl/α,β-unsaturated/α-hetero) is 1. The number of thioether (sulfide) groups is 1. The summed E-state index contributed by atoms with van der Waals surface area (Å²) in [6.45, 7) is 4.90. The van der Waals surface area contributed by atoms with E-state index in [1.54, 1.807) is 11.8 Å². The summed E-state index contributed by atoms with van der Waals surface area (Å²) in [5.41, 5.74) is -0.419. The molecule has 0 spiro atoms. The van der Waals surface area contributed by atoms with Gasteiger partial charge in [-0.3, -0.25) is 4.79 Å². The first-order valence-corrected chi connectivity index (χ1v) is 8.88. The van der Waals surface area contributed by atoms with Crippen molar-refractivity contribution in [2.24, 2.45) is 5.92 Å². The molecule has 116 valence electrons. The number of nitrogens with zero attached hydrogens (tertiary/aromatic N) is 2. The quantitative estimate of drug-likeness (QED) is 0.852. The fourth-order valence-corrected chi connectivity index (χ4v) is 4.26. The van der Waals surface area contributed by atoms with Crippen molar-refractivity contribution in [3.63, 3.8) is 0 Å². The minimum atomic E-state index is -0.419. The maximum Gasteiger partial charge on any atom is 0.238 e. The number of aromatic nitrogens is 2. The summed E-state index contributed by atoms with van der Waals surface area (Å²) in [5, 5.41) is 4.16. The number of rotatable bonds is 4. The summed E-state index contributed by atoms with van der Waals surface area (Å²) in [6.07, 6.45) is 4.08. The van der Waals surface area contributed by atoms with Crippen molar-refractivity contribution < 1.29 is 14.1 Å². The van der Waals surface area contributed by atoms with Crippen molar-refractivity contribution >= 4 is 17.5 Å². The van der Waals surface area contributed by atoms with Crippen molar-refractivity contribution in [2.75, 3.05) is 18.1 Å². The molecule has 6 heteroatoms. The third kappa shape index (κ3) is 2.88. The van der Waals surface area contributed by atoms with Crippen LogP contribution in [0.1, 0.15) is 57.2 Å². The number of carbonyl (C=O) groups excluding carboxylic acids is 1. The van der Waals surface area contributed by atoms with Gasteiger partial charge in [-0.15, -0.1) is 0 Å². The Hall–Kier alpha value is -0.880. The second-order valence-electron chi connectivity index (χ2n) is 6.10. The van der Waals surface area contributed by atoms with E-state index in [4.69, 9.17) is 9.26 Å². The van der Waals surface area contributed by atoms with E-state index in [0.717, 1.165) is 37.4 Å². The molecule has 0 radical (unpaired) electrons. The topological polar surface area (TPSA) is 65.2 Å². The van der Waals surface area contributed by atoms with Crippen LogP contribution >= 0.6 is 11.8 Å². The summed E-state index contributed by atoms with van der Waals surface area (Å²) < 4.78 is 11.4. The number of carbonyl (C=O) groups is 1. The predicted octanol–water partition coefficient (Wildman–Crippen LogP) is 2.91. The van der Waals surface area contributed by atoms with Gasteiger partial charge in [-0.2, -0.15) is 16.7 Å². The van der Waals surface area contributed by atoms with Crippen LogP contribution in [0.15, 0.2) is 4.52 Å². The Bertz CT molecular complexity index is 509. The predicted molar refractivity (Wildman–Crippen MR) is 80.3 cm³/mol. The molecule has 0 aromatic carbocycles. The highest BCUT2D eigenvalue weighted by atomic mass is 32.2. The van der Waals surface area contributed by atoms with E-state index in [0.29, 0.717) is 24.1 Å². The van der Waals surface area contributed by atoms with Gasteiger partial charge in [0, 0.05) is 12.4 Å². The average molecular weight is 310 g/mol. The van der Waals surface area contributed by atoms with Crippen LogP contribution in [-0.2, 0) is 15.1 Å². The van der Waals surface area contributed by atoms with E-state index < -0.39 is 5.60 Å². The molecule has 1 atom stereocenters. The van der Waals surface area contributed by atoms with Crippen LogP contribution in [0.5, 0.6) is 0 Å². The Kier molecular flexibility index (Phi) is 4.36. The van der Waals surface area contributed by atoms with E-state index in [1.807, 2.05) is 6.92 Å². The first kappa shape index (κ1) is 15.0. The second-order valence-corrected chi connectivity index (χ2v) is 7.13. The fraction of sp³-hybridized carbons (Fsp3) is 0.800. The summed E-state index contributed by atoms with van der Waals surface area (Å²) in [5.74, 6) is 3.09. The molecule has 1 saturated carbocycles. The molecule has 1 aliphatic heterocycles. The lowest BCUT2D eigenvalue weighted by Crippen LogP contribution is -2.35. The molecule has 2 fully saturated rings. The van der Waals surface area contributed by atoms with Crippen LogP contribution in [-0.4, -0.2) is 34.0 Å². The zero-order chi connectivity index (χ0) is 14.9. The van der Waals surface area contributed by atoms with Crippen LogP contribution in [0.2, 0.25) is 0 Å². The molecule has 21 heavy (non-hydrogen) atoms. The Morgan fingerprint density at radius 2 is 2.19 bits per heavy atom. The minimum absolute atomic E-state index is 0.193. The maximum atomic E-state index is 11.8. The minimum Gasteiger partial charge on any atom is -0.367 e. The molecule has 2 heterocycles. The molecule has 1 saturated heterocycles. The largest absolute Gasteiger partial charge is 0.367 e. The highest BCUT2D eigenvalue weighted by Gasteiger charge is 2.42. The summed E-state index contributed by atoms with van der Waals surface area (Å²) in [7, 11) is 0. The van der Waals surface area contributed by atoms with Gasteiger partial charge in [-0.05, 0) is 38.5 Å². The molecule has 1 aliphatic carbocycles. The molecule has 0 bridgehead atoms. The first-order chi connectivity index (χ1) is 10.1. The molecule has 0 N–H and O–H groups in total. The van der Waals surface area contributed by atoms with Gasteiger partial charge in [-0.25, -0.2) is 0 Å². The van der Waals surface area contributed by atoms with Gasteiger partial charge in [0.15, 0.2) is 5.78 Å². The van der Waals surface area contributed by atoms with Gasteiger partial charge < -0.3 is 9.26 Å². The summed E-state index contributed by atoms with van der Waals surface area (Å²) in [6, 6.07) is 0. The van der Waals surface area contributed by atoms with Gasteiger partial charge in [0.25, 0.3) is 0 Å². The standard InChI is InChI=1S/C15H22N2O3S/c1-3-19-15(6-4-10(2)5-7-15)14-16-13(20-17-14)11-8-21-9-12(11)18/h10-11H,3-9H2,1-2H3.